The Balaban J connectivity index is 2.12. The lowest BCUT2D eigenvalue weighted by Crippen LogP contribution is -2.41. The Morgan fingerprint density at radius 1 is 1.60 bits per heavy atom. The largest absolute Gasteiger partial charge is 0.378 e. The second-order valence-corrected chi connectivity index (χ2v) is 4.55. The van der Waals surface area contributed by atoms with Gasteiger partial charge in [0.2, 0.25) is 5.91 Å². The fourth-order valence-corrected chi connectivity index (χ4v) is 1.55. The van der Waals surface area contributed by atoms with E-state index < -0.39 is 0 Å². The highest BCUT2D eigenvalue weighted by Gasteiger charge is 2.19. The summed E-state index contributed by atoms with van der Waals surface area (Å²) >= 11 is 0. The summed E-state index contributed by atoms with van der Waals surface area (Å²) < 4.78 is 5.39. The van der Waals surface area contributed by atoms with Gasteiger partial charge in [0.1, 0.15) is 0 Å². The molecule has 1 saturated heterocycles. The molecule has 0 aromatic rings. The second-order valence-electron chi connectivity index (χ2n) is 4.55. The lowest BCUT2D eigenvalue weighted by atomic mass is 10.1. The number of hydrogen-bond donors (Lipinski definition) is 2. The third kappa shape index (κ3) is 4.62. The summed E-state index contributed by atoms with van der Waals surface area (Å²) in [5, 5.41) is 2.85. The number of hydrogen-bond acceptors (Lipinski definition) is 3. The first-order valence-corrected chi connectivity index (χ1v) is 5.73. The fourth-order valence-electron chi connectivity index (χ4n) is 1.55. The minimum Gasteiger partial charge on any atom is -0.378 e. The van der Waals surface area contributed by atoms with E-state index in [-0.39, 0.29) is 18.1 Å². The Kier molecular flexibility index (Phi) is 5.05. The van der Waals surface area contributed by atoms with Gasteiger partial charge in [-0.2, -0.15) is 0 Å². The van der Waals surface area contributed by atoms with Gasteiger partial charge in [-0.05, 0) is 18.8 Å². The molecule has 1 aliphatic heterocycles. The van der Waals surface area contributed by atoms with Gasteiger partial charge in [0.25, 0.3) is 0 Å². The number of carbonyl (C=O) groups excluding carboxylic acids is 1. The van der Waals surface area contributed by atoms with Crippen molar-refractivity contribution in [2.75, 3.05) is 13.2 Å². The molecule has 2 unspecified atom stereocenters. The van der Waals surface area contributed by atoms with Crippen LogP contribution in [-0.2, 0) is 9.53 Å². The maximum absolute atomic E-state index is 11.5. The van der Waals surface area contributed by atoms with Crippen molar-refractivity contribution in [3.05, 3.63) is 0 Å². The van der Waals surface area contributed by atoms with Crippen LogP contribution in [0.4, 0.5) is 0 Å². The van der Waals surface area contributed by atoms with Crippen molar-refractivity contribution in [3.63, 3.8) is 0 Å². The minimum atomic E-state index is 0.0402. The van der Waals surface area contributed by atoms with Crippen LogP contribution in [0.2, 0.25) is 0 Å². The van der Waals surface area contributed by atoms with Gasteiger partial charge in [0, 0.05) is 19.2 Å². The Morgan fingerprint density at radius 3 is 2.87 bits per heavy atom. The molecule has 4 heteroatoms. The molecule has 15 heavy (non-hydrogen) atoms. The van der Waals surface area contributed by atoms with Gasteiger partial charge in [0.15, 0.2) is 0 Å². The fraction of sp³-hybridized carbons (Fsp3) is 0.909. The van der Waals surface area contributed by atoms with Gasteiger partial charge in [-0.15, -0.1) is 0 Å². The summed E-state index contributed by atoms with van der Waals surface area (Å²) in [5.74, 6) is 0.450. The van der Waals surface area contributed by atoms with Crippen LogP contribution in [0.15, 0.2) is 0 Å². The molecule has 3 N–H and O–H groups in total. The number of carbonyl (C=O) groups is 1. The smallest absolute Gasteiger partial charge is 0.222 e. The first-order valence-electron chi connectivity index (χ1n) is 5.73. The molecule has 4 nitrogen and oxygen atoms in total. The number of nitrogens with one attached hydrogen (secondary N) is 1. The summed E-state index contributed by atoms with van der Waals surface area (Å²) in [6, 6.07) is 0.0402. The predicted octanol–water partition coefficient (Wildman–Crippen LogP) is 0.655. The number of nitrogens with two attached hydrogens (primary N) is 1. The second kappa shape index (κ2) is 6.08. The van der Waals surface area contributed by atoms with Crippen molar-refractivity contribution in [1.82, 2.24) is 5.32 Å². The van der Waals surface area contributed by atoms with Gasteiger partial charge < -0.3 is 15.8 Å². The Hall–Kier alpha value is -0.610. The molecule has 1 heterocycles. The summed E-state index contributed by atoms with van der Waals surface area (Å²) in [6.07, 6.45) is 2.68. The van der Waals surface area contributed by atoms with Gasteiger partial charge in [-0.3, -0.25) is 4.79 Å². The Bertz CT molecular complexity index is 201. The summed E-state index contributed by atoms with van der Waals surface area (Å²) in [4.78, 5) is 11.5. The van der Waals surface area contributed by atoms with E-state index in [1.54, 1.807) is 0 Å². The van der Waals surface area contributed by atoms with Crippen LogP contribution in [0, 0.1) is 5.92 Å². The van der Waals surface area contributed by atoms with Crippen LogP contribution in [0.1, 0.15) is 33.1 Å². The average molecular weight is 214 g/mol. The summed E-state index contributed by atoms with van der Waals surface area (Å²) in [6.45, 7) is 5.46. The molecule has 0 aromatic carbocycles. The van der Waals surface area contributed by atoms with Crippen molar-refractivity contribution in [2.45, 2.75) is 45.3 Å². The van der Waals surface area contributed by atoms with Crippen molar-refractivity contribution in [2.24, 2.45) is 11.7 Å². The summed E-state index contributed by atoms with van der Waals surface area (Å²) in [5.41, 5.74) is 5.83. The quantitative estimate of drug-likeness (QED) is 0.706. The third-order valence-electron chi connectivity index (χ3n) is 2.83. The molecule has 1 amide bonds. The topological polar surface area (TPSA) is 64.3 Å². The normalized spacial score (nSPS) is 23.1. The average Bonchev–Trinajstić information content (AvgIpc) is 2.66. The molecular formula is C11H22N2O2. The highest BCUT2D eigenvalue weighted by atomic mass is 16.5. The lowest BCUT2D eigenvalue weighted by molar-refractivity contribution is -0.123. The third-order valence-corrected chi connectivity index (χ3v) is 2.83. The molecular weight excluding hydrogens is 192 g/mol. The molecule has 0 spiro atoms. The molecule has 2 atom stereocenters. The van der Waals surface area contributed by atoms with E-state index in [1.165, 1.54) is 0 Å². The lowest BCUT2D eigenvalue weighted by Gasteiger charge is -2.17. The van der Waals surface area contributed by atoms with Crippen LogP contribution in [0.25, 0.3) is 0 Å². The van der Waals surface area contributed by atoms with Crippen molar-refractivity contribution in [1.29, 1.82) is 0 Å². The maximum Gasteiger partial charge on any atom is 0.222 e. The van der Waals surface area contributed by atoms with Crippen LogP contribution in [-0.4, -0.2) is 31.2 Å². The van der Waals surface area contributed by atoms with Crippen molar-refractivity contribution < 1.29 is 9.53 Å². The molecule has 1 rings (SSSR count). The zero-order valence-electron chi connectivity index (χ0n) is 9.66. The van der Waals surface area contributed by atoms with Gasteiger partial charge >= 0.3 is 0 Å². The van der Waals surface area contributed by atoms with Crippen LogP contribution in [0.5, 0.6) is 0 Å². The van der Waals surface area contributed by atoms with Crippen LogP contribution >= 0.6 is 0 Å². The molecule has 0 radical (unpaired) electrons. The highest BCUT2D eigenvalue weighted by Crippen LogP contribution is 2.14. The maximum atomic E-state index is 11.5. The Labute approximate surface area is 91.5 Å². The van der Waals surface area contributed by atoms with E-state index in [2.05, 4.69) is 19.2 Å². The molecule has 0 aromatic heterocycles. The van der Waals surface area contributed by atoms with E-state index in [4.69, 9.17) is 10.5 Å². The van der Waals surface area contributed by atoms with E-state index in [9.17, 15) is 4.79 Å². The van der Waals surface area contributed by atoms with E-state index >= 15 is 0 Å². The first kappa shape index (κ1) is 12.5. The number of ether oxygens (including phenoxy) is 1. The molecule has 0 bridgehead atoms. The van der Waals surface area contributed by atoms with E-state index in [0.717, 1.165) is 19.4 Å². The monoisotopic (exact) mass is 214 g/mol. The Morgan fingerprint density at radius 2 is 2.33 bits per heavy atom. The number of amides is 1. The zero-order chi connectivity index (χ0) is 11.3. The standard InChI is InChI=1S/C11H22N2O2/c1-8(2)10(12)7-13-11(14)6-9-4-3-5-15-9/h8-10H,3-7,12H2,1-2H3,(H,13,14). The highest BCUT2D eigenvalue weighted by molar-refractivity contribution is 5.76. The van der Waals surface area contributed by atoms with E-state index in [1.807, 2.05) is 0 Å². The SMILES string of the molecule is CC(C)C(N)CNC(=O)CC1CCCO1. The first-order chi connectivity index (χ1) is 7.09. The molecule has 88 valence electrons. The van der Waals surface area contributed by atoms with Crippen LogP contribution in [0.3, 0.4) is 0 Å². The molecule has 0 aliphatic carbocycles. The molecule has 1 aliphatic rings. The van der Waals surface area contributed by atoms with Crippen molar-refractivity contribution in [3.8, 4) is 0 Å². The minimum absolute atomic E-state index is 0.0402. The van der Waals surface area contributed by atoms with Gasteiger partial charge in [-0.1, -0.05) is 13.8 Å². The van der Waals surface area contributed by atoms with E-state index in [0.29, 0.717) is 18.9 Å². The van der Waals surface area contributed by atoms with Gasteiger partial charge in [0.05, 0.1) is 12.5 Å². The molecule has 0 saturated carbocycles. The van der Waals surface area contributed by atoms with Crippen LogP contribution < -0.4 is 11.1 Å². The summed E-state index contributed by atoms with van der Waals surface area (Å²) in [7, 11) is 0. The van der Waals surface area contributed by atoms with Gasteiger partial charge in [-0.25, -0.2) is 0 Å². The predicted molar refractivity (Wildman–Crippen MR) is 59.4 cm³/mol. The number of rotatable bonds is 5. The van der Waals surface area contributed by atoms with Crippen molar-refractivity contribution >= 4 is 5.91 Å². The zero-order valence-corrected chi connectivity index (χ0v) is 9.66. The molecule has 1 fully saturated rings.